The molecule has 116 valence electrons. The van der Waals surface area contributed by atoms with Crippen LogP contribution in [-0.2, 0) is 24.0 Å². The van der Waals surface area contributed by atoms with Gasteiger partial charge in [-0.1, -0.05) is 30.3 Å². The minimum Gasteiger partial charge on any atom is -0.456 e. The predicted octanol–water partition coefficient (Wildman–Crippen LogP) is 1.71. The Labute approximate surface area is 133 Å². The molecule has 1 aromatic carbocycles. The normalized spacial score (nSPS) is 26.9. The lowest BCUT2D eigenvalue weighted by molar-refractivity contribution is -0.155. The van der Waals surface area contributed by atoms with Crippen molar-refractivity contribution in [1.82, 2.24) is 4.90 Å². The monoisotopic (exact) mass is 319 g/mol. The van der Waals surface area contributed by atoms with E-state index in [1.165, 1.54) is 6.92 Å². The summed E-state index contributed by atoms with van der Waals surface area (Å²) in [5.74, 6) is -0.229. The van der Waals surface area contributed by atoms with Crippen molar-refractivity contribution in [2.75, 3.05) is 12.4 Å². The maximum atomic E-state index is 12.3. The SMILES string of the molecule is CC(=O)COC(=O)[C@H]1CS[C@]2(c3ccccc3)CCC(=O)N12. The molecule has 0 radical (unpaired) electrons. The van der Waals surface area contributed by atoms with Gasteiger partial charge in [0.05, 0.1) is 0 Å². The Morgan fingerprint density at radius 3 is 2.77 bits per heavy atom. The highest BCUT2D eigenvalue weighted by molar-refractivity contribution is 8.00. The first-order valence-corrected chi connectivity index (χ1v) is 8.21. The van der Waals surface area contributed by atoms with Crippen molar-refractivity contribution in [3.05, 3.63) is 35.9 Å². The van der Waals surface area contributed by atoms with E-state index in [-0.39, 0.29) is 18.3 Å². The third kappa shape index (κ3) is 2.41. The number of Topliss-reactive ketones (excluding diaryl/α,β-unsaturated/α-hetero) is 1. The number of amides is 1. The lowest BCUT2D eigenvalue weighted by atomic mass is 10.0. The average Bonchev–Trinajstić information content (AvgIpc) is 3.06. The Kier molecular flexibility index (Phi) is 3.95. The highest BCUT2D eigenvalue weighted by Gasteiger charge is 2.57. The predicted molar refractivity (Wildman–Crippen MR) is 82.1 cm³/mol. The lowest BCUT2D eigenvalue weighted by Crippen LogP contribution is -2.46. The quantitative estimate of drug-likeness (QED) is 0.791. The summed E-state index contributed by atoms with van der Waals surface area (Å²) in [5, 5.41) is 0. The molecule has 2 aliphatic rings. The number of carbonyl (C=O) groups excluding carboxylic acids is 3. The number of carbonyl (C=O) groups is 3. The van der Waals surface area contributed by atoms with E-state index in [0.29, 0.717) is 18.6 Å². The first-order valence-electron chi connectivity index (χ1n) is 7.22. The Morgan fingerprint density at radius 1 is 1.36 bits per heavy atom. The van der Waals surface area contributed by atoms with Crippen LogP contribution in [0.1, 0.15) is 25.3 Å². The minimum absolute atomic E-state index is 0.0290. The molecule has 6 heteroatoms. The standard InChI is InChI=1S/C16H17NO4S/c1-11(18)9-21-15(20)13-10-22-16(8-7-14(19)17(13)16)12-5-3-2-4-6-12/h2-6,13H,7-10H2,1H3/t13-,16+/m1/s1. The van der Waals surface area contributed by atoms with Crippen LogP contribution in [0, 0.1) is 0 Å². The number of benzene rings is 1. The third-order valence-corrected chi connectivity index (χ3v) is 5.64. The summed E-state index contributed by atoms with van der Waals surface area (Å²) >= 11 is 1.61. The van der Waals surface area contributed by atoms with Crippen molar-refractivity contribution < 1.29 is 19.1 Å². The topological polar surface area (TPSA) is 63.7 Å². The second-order valence-corrected chi connectivity index (χ2v) is 6.85. The zero-order valence-electron chi connectivity index (χ0n) is 12.3. The summed E-state index contributed by atoms with van der Waals surface area (Å²) < 4.78 is 5.03. The Hall–Kier alpha value is -1.82. The molecule has 0 aromatic heterocycles. The van der Waals surface area contributed by atoms with E-state index < -0.39 is 16.9 Å². The molecule has 3 rings (SSSR count). The number of thioether (sulfide) groups is 1. The number of ether oxygens (including phenoxy) is 1. The van der Waals surface area contributed by atoms with E-state index in [2.05, 4.69) is 0 Å². The summed E-state index contributed by atoms with van der Waals surface area (Å²) in [5.41, 5.74) is 1.03. The Balaban J connectivity index is 1.87. The largest absolute Gasteiger partial charge is 0.456 e. The third-order valence-electron chi connectivity index (χ3n) is 4.04. The molecule has 0 unspecified atom stereocenters. The number of hydrogen-bond acceptors (Lipinski definition) is 5. The molecule has 0 saturated carbocycles. The van der Waals surface area contributed by atoms with Gasteiger partial charge in [-0.25, -0.2) is 4.79 Å². The Morgan fingerprint density at radius 2 is 2.09 bits per heavy atom. The molecule has 2 saturated heterocycles. The van der Waals surface area contributed by atoms with Crippen molar-refractivity contribution in [2.24, 2.45) is 0 Å². The van der Waals surface area contributed by atoms with Gasteiger partial charge in [0.15, 0.2) is 5.78 Å². The van der Waals surface area contributed by atoms with Gasteiger partial charge in [-0.2, -0.15) is 0 Å². The number of hydrogen-bond donors (Lipinski definition) is 0. The van der Waals surface area contributed by atoms with E-state index >= 15 is 0 Å². The molecular formula is C16H17NO4S. The molecule has 2 atom stereocenters. The number of rotatable bonds is 4. The van der Waals surface area contributed by atoms with E-state index in [1.807, 2.05) is 30.3 Å². The molecule has 0 aliphatic carbocycles. The highest BCUT2D eigenvalue weighted by Crippen LogP contribution is 2.54. The summed E-state index contributed by atoms with van der Waals surface area (Å²) in [6.07, 6.45) is 1.12. The van der Waals surface area contributed by atoms with Crippen LogP contribution in [0.5, 0.6) is 0 Å². The molecule has 22 heavy (non-hydrogen) atoms. The molecule has 1 aromatic rings. The maximum absolute atomic E-state index is 12.3. The second-order valence-electron chi connectivity index (χ2n) is 5.55. The number of ketones is 1. The smallest absolute Gasteiger partial charge is 0.330 e. The van der Waals surface area contributed by atoms with Crippen LogP contribution >= 0.6 is 11.8 Å². The fourth-order valence-electron chi connectivity index (χ4n) is 3.09. The molecule has 0 N–H and O–H groups in total. The molecule has 0 bridgehead atoms. The number of fused-ring (bicyclic) bond motifs is 1. The number of esters is 1. The molecule has 2 fully saturated rings. The summed E-state index contributed by atoms with van der Waals surface area (Å²) in [6.45, 7) is 1.13. The maximum Gasteiger partial charge on any atom is 0.330 e. The molecule has 2 aliphatic heterocycles. The van der Waals surface area contributed by atoms with Crippen LogP contribution in [0.15, 0.2) is 30.3 Å². The van der Waals surface area contributed by atoms with Gasteiger partial charge in [-0.15, -0.1) is 11.8 Å². The van der Waals surface area contributed by atoms with Crippen LogP contribution in [0.4, 0.5) is 0 Å². The van der Waals surface area contributed by atoms with Crippen molar-refractivity contribution in [1.29, 1.82) is 0 Å². The second kappa shape index (κ2) is 5.76. The van der Waals surface area contributed by atoms with Crippen LogP contribution < -0.4 is 0 Å². The fraction of sp³-hybridized carbons (Fsp3) is 0.438. The molecular weight excluding hydrogens is 302 g/mol. The van der Waals surface area contributed by atoms with Gasteiger partial charge < -0.3 is 9.64 Å². The summed E-state index contributed by atoms with van der Waals surface area (Å²) in [4.78, 5) is 36.7. The number of nitrogens with zero attached hydrogens (tertiary/aromatic N) is 1. The van der Waals surface area contributed by atoms with Crippen molar-refractivity contribution in [3.63, 3.8) is 0 Å². The van der Waals surface area contributed by atoms with Gasteiger partial charge in [-0.05, 0) is 18.9 Å². The zero-order chi connectivity index (χ0) is 15.7. The average molecular weight is 319 g/mol. The van der Waals surface area contributed by atoms with Gasteiger partial charge >= 0.3 is 5.97 Å². The van der Waals surface area contributed by atoms with Crippen LogP contribution in [0.2, 0.25) is 0 Å². The van der Waals surface area contributed by atoms with E-state index in [0.717, 1.165) is 5.56 Å². The molecule has 1 amide bonds. The first kappa shape index (κ1) is 15.1. The van der Waals surface area contributed by atoms with Gasteiger partial charge in [0.2, 0.25) is 5.91 Å². The van der Waals surface area contributed by atoms with E-state index in [9.17, 15) is 14.4 Å². The van der Waals surface area contributed by atoms with Crippen molar-refractivity contribution in [3.8, 4) is 0 Å². The van der Waals surface area contributed by atoms with Crippen molar-refractivity contribution >= 4 is 29.4 Å². The fourth-order valence-corrected chi connectivity index (χ4v) is 4.72. The van der Waals surface area contributed by atoms with Crippen LogP contribution in [0.25, 0.3) is 0 Å². The molecule has 2 heterocycles. The molecule has 0 spiro atoms. The van der Waals surface area contributed by atoms with Gasteiger partial charge in [0.25, 0.3) is 0 Å². The summed E-state index contributed by atoms with van der Waals surface area (Å²) in [6, 6.07) is 9.17. The van der Waals surface area contributed by atoms with Crippen molar-refractivity contribution in [2.45, 2.75) is 30.7 Å². The Bertz CT molecular complexity index is 618. The first-order chi connectivity index (χ1) is 10.5. The van der Waals surface area contributed by atoms with Gasteiger partial charge in [0, 0.05) is 12.2 Å². The summed E-state index contributed by atoms with van der Waals surface area (Å²) in [7, 11) is 0. The van der Waals surface area contributed by atoms with E-state index in [1.54, 1.807) is 16.7 Å². The minimum atomic E-state index is -0.612. The molecule has 5 nitrogen and oxygen atoms in total. The zero-order valence-corrected chi connectivity index (χ0v) is 13.1. The van der Waals surface area contributed by atoms with Gasteiger partial charge in [-0.3, -0.25) is 9.59 Å². The lowest BCUT2D eigenvalue weighted by Gasteiger charge is -2.33. The van der Waals surface area contributed by atoms with Crippen LogP contribution in [0.3, 0.4) is 0 Å². The highest BCUT2D eigenvalue weighted by atomic mass is 32.2. The van der Waals surface area contributed by atoms with Crippen LogP contribution in [-0.4, -0.2) is 41.0 Å². The van der Waals surface area contributed by atoms with Gasteiger partial charge in [0.1, 0.15) is 17.5 Å². The van der Waals surface area contributed by atoms with E-state index in [4.69, 9.17) is 4.74 Å².